The number of rotatable bonds is 5. The minimum absolute atomic E-state index is 0.192. The minimum atomic E-state index is -1.78. The summed E-state index contributed by atoms with van der Waals surface area (Å²) in [5.41, 5.74) is 3.11. The molecule has 0 saturated heterocycles. The molecule has 0 bridgehead atoms. The second kappa shape index (κ2) is 10.4. The Morgan fingerprint density at radius 2 is 1.52 bits per heavy atom. The van der Waals surface area contributed by atoms with E-state index in [1.165, 1.54) is 18.7 Å². The van der Waals surface area contributed by atoms with E-state index in [9.17, 15) is 0 Å². The average molecular weight is 603 g/mol. The standard InChI is InChI=1S/C20H12BrCl6N3O/c21-9-31-17-8-14(19(22,23)24)7-16(20(25,26)27)15(17)6-3-12-1-4-13(5-2-12)18-29-10-28-11-30-18/h1-8,10-11H,9H2/b6-3+. The van der Waals surface area contributed by atoms with Crippen LogP contribution in [0.4, 0.5) is 0 Å². The summed E-state index contributed by atoms with van der Waals surface area (Å²) in [6.07, 6.45) is 6.51. The Bertz CT molecular complexity index is 1070. The summed E-state index contributed by atoms with van der Waals surface area (Å²) in [6.45, 7) is 0. The first-order valence-corrected chi connectivity index (χ1v) is 11.9. The van der Waals surface area contributed by atoms with Gasteiger partial charge in [-0.25, -0.2) is 15.0 Å². The maximum Gasteiger partial charge on any atom is 0.216 e. The summed E-state index contributed by atoms with van der Waals surface area (Å²) in [6, 6.07) is 10.7. The van der Waals surface area contributed by atoms with E-state index < -0.39 is 7.59 Å². The Balaban J connectivity index is 2.02. The number of aromatic nitrogens is 3. The van der Waals surface area contributed by atoms with Gasteiger partial charge in [-0.3, -0.25) is 0 Å². The normalized spacial score (nSPS) is 12.4. The SMILES string of the molecule is ClC(Cl)(Cl)c1cc(OCBr)c(/C=C/c2ccc(-c3ncncn3)cc2)c(C(Cl)(Cl)Cl)c1. The fourth-order valence-corrected chi connectivity index (χ4v) is 3.73. The zero-order valence-electron chi connectivity index (χ0n) is 15.4. The molecule has 2 aromatic carbocycles. The van der Waals surface area contributed by atoms with Crippen LogP contribution in [0.3, 0.4) is 0 Å². The third kappa shape index (κ3) is 6.61. The van der Waals surface area contributed by atoms with Crippen LogP contribution in [0.5, 0.6) is 5.75 Å². The van der Waals surface area contributed by atoms with E-state index in [1.54, 1.807) is 12.1 Å². The highest BCUT2D eigenvalue weighted by Gasteiger charge is 2.32. The molecule has 162 valence electrons. The van der Waals surface area contributed by atoms with Crippen molar-refractivity contribution >= 4 is 97.7 Å². The highest BCUT2D eigenvalue weighted by Crippen LogP contribution is 2.48. The van der Waals surface area contributed by atoms with Crippen LogP contribution in [-0.2, 0) is 7.59 Å². The lowest BCUT2D eigenvalue weighted by atomic mass is 10.0. The zero-order valence-corrected chi connectivity index (χ0v) is 21.5. The van der Waals surface area contributed by atoms with Gasteiger partial charge in [0.2, 0.25) is 7.59 Å². The number of nitrogens with zero attached hydrogens (tertiary/aromatic N) is 3. The van der Waals surface area contributed by atoms with Gasteiger partial charge in [0.15, 0.2) is 5.82 Å². The van der Waals surface area contributed by atoms with Crippen LogP contribution in [0.1, 0.15) is 22.3 Å². The van der Waals surface area contributed by atoms with Crippen molar-refractivity contribution in [3.63, 3.8) is 0 Å². The van der Waals surface area contributed by atoms with Crippen LogP contribution in [0, 0.1) is 0 Å². The molecule has 1 aromatic heterocycles. The van der Waals surface area contributed by atoms with Crippen molar-refractivity contribution in [2.75, 3.05) is 5.52 Å². The van der Waals surface area contributed by atoms with Gasteiger partial charge in [0.05, 0.1) is 0 Å². The number of hydrogen-bond donors (Lipinski definition) is 0. The zero-order chi connectivity index (χ0) is 22.6. The van der Waals surface area contributed by atoms with Gasteiger partial charge in [0, 0.05) is 22.3 Å². The third-order valence-corrected chi connectivity index (χ3v) is 5.58. The van der Waals surface area contributed by atoms with Crippen LogP contribution in [0.2, 0.25) is 0 Å². The van der Waals surface area contributed by atoms with Gasteiger partial charge in [-0.1, -0.05) is 106 Å². The van der Waals surface area contributed by atoms with E-state index in [0.717, 1.165) is 11.1 Å². The van der Waals surface area contributed by atoms with Crippen molar-refractivity contribution in [1.82, 2.24) is 15.0 Å². The molecule has 0 aliphatic carbocycles. The third-order valence-electron chi connectivity index (χ3n) is 4.09. The van der Waals surface area contributed by atoms with Crippen LogP contribution >= 0.6 is 85.5 Å². The van der Waals surface area contributed by atoms with Gasteiger partial charge in [-0.15, -0.1) is 0 Å². The molecular weight excluding hydrogens is 591 g/mol. The molecule has 11 heteroatoms. The van der Waals surface area contributed by atoms with Gasteiger partial charge in [0.25, 0.3) is 0 Å². The first kappa shape index (κ1) is 24.8. The quantitative estimate of drug-likeness (QED) is 0.219. The van der Waals surface area contributed by atoms with Crippen molar-refractivity contribution in [2.45, 2.75) is 7.59 Å². The van der Waals surface area contributed by atoms with Crippen LogP contribution in [0.25, 0.3) is 23.5 Å². The average Bonchev–Trinajstić information content (AvgIpc) is 2.72. The van der Waals surface area contributed by atoms with Crippen molar-refractivity contribution in [1.29, 1.82) is 0 Å². The molecule has 4 nitrogen and oxygen atoms in total. The highest BCUT2D eigenvalue weighted by atomic mass is 79.9. The number of benzene rings is 2. The first-order chi connectivity index (χ1) is 14.6. The maximum atomic E-state index is 6.21. The molecule has 0 unspecified atom stereocenters. The van der Waals surface area contributed by atoms with Crippen LogP contribution < -0.4 is 4.74 Å². The molecule has 0 N–H and O–H groups in total. The predicted molar refractivity (Wildman–Crippen MR) is 134 cm³/mol. The van der Waals surface area contributed by atoms with E-state index in [1.807, 2.05) is 30.3 Å². The van der Waals surface area contributed by atoms with Crippen LogP contribution in [0.15, 0.2) is 49.1 Å². The van der Waals surface area contributed by atoms with Crippen LogP contribution in [-0.4, -0.2) is 20.5 Å². The molecule has 0 fully saturated rings. The van der Waals surface area contributed by atoms with E-state index in [4.69, 9.17) is 74.3 Å². The van der Waals surface area contributed by atoms with E-state index in [-0.39, 0.29) is 5.52 Å². The number of halogens is 7. The molecule has 3 aromatic rings. The summed E-state index contributed by atoms with van der Waals surface area (Å²) < 4.78 is 2.17. The summed E-state index contributed by atoms with van der Waals surface area (Å²) in [4.78, 5) is 12.1. The van der Waals surface area contributed by atoms with E-state index in [2.05, 4.69) is 30.9 Å². The lowest BCUT2D eigenvalue weighted by Gasteiger charge is -2.22. The predicted octanol–water partition coefficient (Wildman–Crippen LogP) is 8.09. The van der Waals surface area contributed by atoms with Gasteiger partial charge in [-0.2, -0.15) is 0 Å². The fraction of sp³-hybridized carbons (Fsp3) is 0.150. The lowest BCUT2D eigenvalue weighted by Crippen LogP contribution is -2.10. The maximum absolute atomic E-state index is 6.21. The lowest BCUT2D eigenvalue weighted by molar-refractivity contribution is 0.396. The monoisotopic (exact) mass is 599 g/mol. The van der Waals surface area contributed by atoms with Crippen molar-refractivity contribution in [3.8, 4) is 17.1 Å². The topological polar surface area (TPSA) is 47.9 Å². The van der Waals surface area contributed by atoms with Gasteiger partial charge < -0.3 is 4.74 Å². The Morgan fingerprint density at radius 3 is 2.06 bits per heavy atom. The molecular formula is C20H12BrCl6N3O. The Hall–Kier alpha value is -0.790. The summed E-state index contributed by atoms with van der Waals surface area (Å²) in [5.74, 6) is 0.972. The van der Waals surface area contributed by atoms with Crippen molar-refractivity contribution < 1.29 is 4.74 Å². The fourth-order valence-electron chi connectivity index (χ4n) is 2.69. The smallest absolute Gasteiger partial charge is 0.216 e. The number of alkyl halides is 7. The van der Waals surface area contributed by atoms with E-state index in [0.29, 0.717) is 28.3 Å². The van der Waals surface area contributed by atoms with Gasteiger partial charge in [0.1, 0.15) is 23.9 Å². The largest absolute Gasteiger partial charge is 0.482 e. The molecule has 0 atom stereocenters. The number of hydrogen-bond acceptors (Lipinski definition) is 4. The second-order valence-electron chi connectivity index (χ2n) is 6.10. The highest BCUT2D eigenvalue weighted by molar-refractivity contribution is 9.09. The summed E-state index contributed by atoms with van der Waals surface area (Å²) in [5, 5.41) is 0. The number of ether oxygens (including phenoxy) is 1. The Labute approximate surface area is 217 Å². The molecule has 0 aliphatic heterocycles. The molecule has 0 aliphatic rings. The van der Waals surface area contributed by atoms with Crippen molar-refractivity contribution in [2.24, 2.45) is 0 Å². The molecule has 1 heterocycles. The summed E-state index contributed by atoms with van der Waals surface area (Å²) >= 11 is 40.0. The van der Waals surface area contributed by atoms with E-state index >= 15 is 0 Å². The Kier molecular flexibility index (Phi) is 8.36. The second-order valence-corrected chi connectivity index (χ2v) is 11.1. The molecule has 31 heavy (non-hydrogen) atoms. The van der Waals surface area contributed by atoms with Crippen molar-refractivity contribution in [3.05, 3.63) is 71.3 Å². The minimum Gasteiger partial charge on any atom is -0.482 e. The molecule has 0 amide bonds. The first-order valence-electron chi connectivity index (χ1n) is 8.51. The molecule has 0 saturated carbocycles. The van der Waals surface area contributed by atoms with Gasteiger partial charge >= 0.3 is 0 Å². The van der Waals surface area contributed by atoms with Gasteiger partial charge in [-0.05, 0) is 33.6 Å². The molecule has 3 rings (SSSR count). The molecule has 0 spiro atoms. The summed E-state index contributed by atoms with van der Waals surface area (Å²) in [7, 11) is 0. The Morgan fingerprint density at radius 1 is 0.871 bits per heavy atom. The molecule has 0 radical (unpaired) electrons.